The summed E-state index contributed by atoms with van der Waals surface area (Å²) < 4.78 is 22.8. The molecule has 0 aromatic carbocycles. The lowest BCUT2D eigenvalue weighted by molar-refractivity contribution is 0.0774. The van der Waals surface area contributed by atoms with Crippen molar-refractivity contribution in [2.24, 2.45) is 0 Å². The predicted molar refractivity (Wildman–Crippen MR) is 82.3 cm³/mol. The molecule has 0 radical (unpaired) electrons. The van der Waals surface area contributed by atoms with Crippen molar-refractivity contribution in [1.29, 1.82) is 0 Å². The molecule has 0 spiro atoms. The van der Waals surface area contributed by atoms with Gasteiger partial charge in [0.1, 0.15) is 0 Å². The first-order chi connectivity index (χ1) is 9.10. The minimum absolute atomic E-state index is 0.0270. The topological polar surface area (TPSA) is 54.5 Å². The van der Waals surface area contributed by atoms with Crippen molar-refractivity contribution in [3.8, 4) is 0 Å². The van der Waals surface area contributed by atoms with Gasteiger partial charge in [0.05, 0.1) is 16.4 Å². The third-order valence-corrected chi connectivity index (χ3v) is 6.74. The van der Waals surface area contributed by atoms with E-state index in [4.69, 9.17) is 0 Å². The highest BCUT2D eigenvalue weighted by Gasteiger charge is 2.28. The number of carbonyl (C=O) groups excluding carboxylic acids is 1. The standard InChI is InChI=1S/C14H21NO3S2/c1-10-9-11(14(2,3)4)19-12(10)13(16)15-5-7-20(17,18)8-6-15/h9H,5-8H2,1-4H3. The summed E-state index contributed by atoms with van der Waals surface area (Å²) in [7, 11) is -2.95. The van der Waals surface area contributed by atoms with Crippen LogP contribution in [0.5, 0.6) is 0 Å². The molecule has 1 fully saturated rings. The summed E-state index contributed by atoms with van der Waals surface area (Å²) in [4.78, 5) is 16.1. The van der Waals surface area contributed by atoms with Crippen molar-refractivity contribution in [3.05, 3.63) is 21.4 Å². The molecule has 0 aliphatic carbocycles. The monoisotopic (exact) mass is 315 g/mol. The zero-order valence-corrected chi connectivity index (χ0v) is 14.0. The van der Waals surface area contributed by atoms with Crippen LogP contribution in [0.15, 0.2) is 6.07 Å². The molecule has 4 nitrogen and oxygen atoms in total. The Morgan fingerprint density at radius 3 is 2.25 bits per heavy atom. The molecule has 1 amide bonds. The van der Waals surface area contributed by atoms with Gasteiger partial charge in [-0.15, -0.1) is 11.3 Å². The van der Waals surface area contributed by atoms with Gasteiger partial charge >= 0.3 is 0 Å². The molecule has 1 saturated heterocycles. The van der Waals surface area contributed by atoms with Gasteiger partial charge in [0.15, 0.2) is 9.84 Å². The van der Waals surface area contributed by atoms with E-state index in [-0.39, 0.29) is 22.8 Å². The average molecular weight is 315 g/mol. The number of hydrogen-bond acceptors (Lipinski definition) is 4. The fourth-order valence-corrected chi connectivity index (χ4v) is 4.52. The number of amides is 1. The molecule has 0 saturated carbocycles. The van der Waals surface area contributed by atoms with E-state index in [9.17, 15) is 13.2 Å². The van der Waals surface area contributed by atoms with Crippen molar-refractivity contribution in [2.45, 2.75) is 33.1 Å². The van der Waals surface area contributed by atoms with E-state index < -0.39 is 9.84 Å². The zero-order valence-electron chi connectivity index (χ0n) is 12.4. The van der Waals surface area contributed by atoms with E-state index in [2.05, 4.69) is 26.8 Å². The normalized spacial score (nSPS) is 19.1. The van der Waals surface area contributed by atoms with Gasteiger partial charge in [-0.3, -0.25) is 4.79 Å². The molecule has 20 heavy (non-hydrogen) atoms. The van der Waals surface area contributed by atoms with Crippen LogP contribution in [-0.2, 0) is 15.3 Å². The van der Waals surface area contributed by atoms with Gasteiger partial charge in [-0.2, -0.15) is 0 Å². The quantitative estimate of drug-likeness (QED) is 0.798. The van der Waals surface area contributed by atoms with Crippen LogP contribution in [0.1, 0.15) is 40.9 Å². The first kappa shape index (κ1) is 15.5. The lowest BCUT2D eigenvalue weighted by Crippen LogP contribution is -2.43. The van der Waals surface area contributed by atoms with Crippen LogP contribution in [0.2, 0.25) is 0 Å². The van der Waals surface area contributed by atoms with Crippen LogP contribution in [0.3, 0.4) is 0 Å². The fourth-order valence-electron chi connectivity index (χ4n) is 2.12. The average Bonchev–Trinajstić information content (AvgIpc) is 2.70. The highest BCUT2D eigenvalue weighted by molar-refractivity contribution is 7.91. The van der Waals surface area contributed by atoms with Crippen LogP contribution in [0.4, 0.5) is 0 Å². The van der Waals surface area contributed by atoms with E-state index in [0.717, 1.165) is 10.4 Å². The molecule has 0 atom stereocenters. The van der Waals surface area contributed by atoms with Crippen molar-refractivity contribution < 1.29 is 13.2 Å². The predicted octanol–water partition coefficient (Wildman–Crippen LogP) is 2.22. The van der Waals surface area contributed by atoms with Gasteiger partial charge in [0.2, 0.25) is 0 Å². The van der Waals surface area contributed by atoms with Gasteiger partial charge in [0.25, 0.3) is 5.91 Å². The lowest BCUT2D eigenvalue weighted by Gasteiger charge is -2.26. The molecule has 1 aliphatic rings. The third kappa shape index (κ3) is 3.23. The second kappa shape index (κ2) is 5.15. The number of rotatable bonds is 1. The maximum atomic E-state index is 12.5. The molecule has 1 aromatic rings. The fraction of sp³-hybridized carbons (Fsp3) is 0.643. The Morgan fingerprint density at radius 1 is 1.25 bits per heavy atom. The summed E-state index contributed by atoms with van der Waals surface area (Å²) in [5.41, 5.74) is 1.01. The molecule has 2 heterocycles. The minimum Gasteiger partial charge on any atom is -0.336 e. The lowest BCUT2D eigenvalue weighted by atomic mass is 9.94. The molecule has 6 heteroatoms. The number of thiophene rings is 1. The molecule has 1 aromatic heterocycles. The Labute approximate surface area is 124 Å². The number of carbonyl (C=O) groups is 1. The molecule has 0 bridgehead atoms. The maximum Gasteiger partial charge on any atom is 0.264 e. The first-order valence-corrected chi connectivity index (χ1v) is 9.34. The van der Waals surface area contributed by atoms with Crippen LogP contribution < -0.4 is 0 Å². The van der Waals surface area contributed by atoms with Gasteiger partial charge in [-0.25, -0.2) is 8.42 Å². The number of sulfone groups is 1. The van der Waals surface area contributed by atoms with Gasteiger partial charge < -0.3 is 4.90 Å². The molecule has 2 rings (SSSR count). The highest BCUT2D eigenvalue weighted by Crippen LogP contribution is 2.33. The van der Waals surface area contributed by atoms with Crippen molar-refractivity contribution in [2.75, 3.05) is 24.6 Å². The van der Waals surface area contributed by atoms with E-state index >= 15 is 0 Å². The van der Waals surface area contributed by atoms with Gasteiger partial charge in [-0.05, 0) is 24.0 Å². The summed E-state index contributed by atoms with van der Waals surface area (Å²) >= 11 is 1.53. The van der Waals surface area contributed by atoms with E-state index in [0.29, 0.717) is 13.1 Å². The summed E-state index contributed by atoms with van der Waals surface area (Å²) in [5, 5.41) is 0. The first-order valence-electron chi connectivity index (χ1n) is 6.71. The second-order valence-corrected chi connectivity index (χ2v) is 9.67. The Morgan fingerprint density at radius 2 is 1.80 bits per heavy atom. The Kier molecular flexibility index (Phi) is 3.99. The van der Waals surface area contributed by atoms with Gasteiger partial charge in [0, 0.05) is 18.0 Å². The number of hydrogen-bond donors (Lipinski definition) is 0. The molecule has 0 N–H and O–H groups in total. The Bertz CT molecular complexity index is 609. The Balaban J connectivity index is 2.20. The summed E-state index contributed by atoms with van der Waals surface area (Å²) in [6.45, 7) is 8.94. The third-order valence-electron chi connectivity index (χ3n) is 3.48. The van der Waals surface area contributed by atoms with Crippen LogP contribution in [0, 0.1) is 6.92 Å². The van der Waals surface area contributed by atoms with Gasteiger partial charge in [-0.1, -0.05) is 20.8 Å². The summed E-state index contributed by atoms with van der Waals surface area (Å²) in [5.74, 6) is 0.128. The van der Waals surface area contributed by atoms with E-state index in [1.807, 2.05) is 6.92 Å². The number of aryl methyl sites for hydroxylation is 1. The molecule has 1 aliphatic heterocycles. The SMILES string of the molecule is Cc1cc(C(C)(C)C)sc1C(=O)N1CCS(=O)(=O)CC1. The molecular formula is C14H21NO3S2. The van der Waals surface area contributed by atoms with Crippen LogP contribution in [0.25, 0.3) is 0 Å². The smallest absolute Gasteiger partial charge is 0.264 e. The van der Waals surface area contributed by atoms with Crippen molar-refractivity contribution in [1.82, 2.24) is 4.90 Å². The summed E-state index contributed by atoms with van der Waals surface area (Å²) in [6, 6.07) is 2.07. The van der Waals surface area contributed by atoms with Crippen molar-refractivity contribution >= 4 is 27.1 Å². The summed E-state index contributed by atoms with van der Waals surface area (Å²) in [6.07, 6.45) is 0. The molecular weight excluding hydrogens is 294 g/mol. The second-order valence-electron chi connectivity index (χ2n) is 6.32. The van der Waals surface area contributed by atoms with E-state index in [1.54, 1.807) is 4.90 Å². The maximum absolute atomic E-state index is 12.5. The van der Waals surface area contributed by atoms with Crippen LogP contribution >= 0.6 is 11.3 Å². The minimum atomic E-state index is -2.95. The molecule has 0 unspecified atom stereocenters. The van der Waals surface area contributed by atoms with E-state index in [1.165, 1.54) is 16.2 Å². The Hall–Kier alpha value is -0.880. The van der Waals surface area contributed by atoms with Crippen molar-refractivity contribution in [3.63, 3.8) is 0 Å². The molecule has 112 valence electrons. The number of nitrogens with zero attached hydrogens (tertiary/aromatic N) is 1. The highest BCUT2D eigenvalue weighted by atomic mass is 32.2. The van der Waals surface area contributed by atoms with Crippen LogP contribution in [-0.4, -0.2) is 43.8 Å². The zero-order chi connectivity index (χ0) is 15.1. The largest absolute Gasteiger partial charge is 0.336 e.